The molecule has 0 aliphatic rings. The summed E-state index contributed by atoms with van der Waals surface area (Å²) < 4.78 is 0. The summed E-state index contributed by atoms with van der Waals surface area (Å²) in [6.07, 6.45) is 8.26. The lowest BCUT2D eigenvalue weighted by Gasteiger charge is -2.15. The van der Waals surface area contributed by atoms with E-state index in [0.29, 0.717) is 5.41 Å². The molecule has 0 aromatic carbocycles. The van der Waals surface area contributed by atoms with Gasteiger partial charge >= 0.3 is 0 Å². The Labute approximate surface area is 123 Å². The van der Waals surface area contributed by atoms with Crippen molar-refractivity contribution in [1.82, 2.24) is 5.32 Å². The summed E-state index contributed by atoms with van der Waals surface area (Å²) >= 11 is 1.95. The fourth-order valence-electron chi connectivity index (χ4n) is 2.12. The van der Waals surface area contributed by atoms with E-state index < -0.39 is 0 Å². The maximum atomic E-state index is 3.57. The summed E-state index contributed by atoms with van der Waals surface area (Å²) in [6, 6.07) is 4.56. The van der Waals surface area contributed by atoms with Crippen LogP contribution in [0.4, 0.5) is 0 Å². The van der Waals surface area contributed by atoms with Crippen molar-refractivity contribution in [2.24, 2.45) is 0 Å². The predicted molar refractivity (Wildman–Crippen MR) is 88.1 cm³/mol. The number of nitrogens with one attached hydrogen (secondary N) is 1. The highest BCUT2D eigenvalue weighted by molar-refractivity contribution is 7.12. The molecule has 0 aliphatic carbocycles. The highest BCUT2D eigenvalue weighted by Crippen LogP contribution is 2.29. The SMILES string of the molecule is CCCCCCCCNCc1ccc(C(C)(C)C)s1. The van der Waals surface area contributed by atoms with Gasteiger partial charge in [-0.1, -0.05) is 59.8 Å². The molecular formula is C17H31NS. The minimum atomic E-state index is 0.294. The number of hydrogen-bond acceptors (Lipinski definition) is 2. The molecule has 0 fully saturated rings. The van der Waals surface area contributed by atoms with Crippen LogP contribution in [0.2, 0.25) is 0 Å². The number of unbranched alkanes of at least 4 members (excludes halogenated alkanes) is 5. The Balaban J connectivity index is 2.08. The van der Waals surface area contributed by atoms with E-state index >= 15 is 0 Å². The largest absolute Gasteiger partial charge is 0.312 e. The van der Waals surface area contributed by atoms with Gasteiger partial charge in [0.1, 0.15) is 0 Å². The molecule has 0 aliphatic heterocycles. The molecule has 110 valence electrons. The van der Waals surface area contributed by atoms with Crippen LogP contribution in [0.1, 0.15) is 76.0 Å². The van der Waals surface area contributed by atoms with Gasteiger partial charge in [0, 0.05) is 16.3 Å². The first-order valence-electron chi connectivity index (χ1n) is 7.84. The van der Waals surface area contributed by atoms with Crippen LogP contribution in [-0.4, -0.2) is 6.54 Å². The van der Waals surface area contributed by atoms with Gasteiger partial charge in [0.15, 0.2) is 0 Å². The summed E-state index contributed by atoms with van der Waals surface area (Å²) in [7, 11) is 0. The summed E-state index contributed by atoms with van der Waals surface area (Å²) in [5.41, 5.74) is 0.294. The summed E-state index contributed by atoms with van der Waals surface area (Å²) in [5.74, 6) is 0. The van der Waals surface area contributed by atoms with Gasteiger partial charge in [0.2, 0.25) is 0 Å². The molecule has 0 amide bonds. The van der Waals surface area contributed by atoms with Crippen LogP contribution in [0.5, 0.6) is 0 Å². The van der Waals surface area contributed by atoms with Gasteiger partial charge in [-0.25, -0.2) is 0 Å². The summed E-state index contributed by atoms with van der Waals surface area (Å²) in [4.78, 5) is 2.96. The first-order chi connectivity index (χ1) is 9.04. The zero-order valence-corrected chi connectivity index (χ0v) is 14.0. The topological polar surface area (TPSA) is 12.0 Å². The third-order valence-electron chi connectivity index (χ3n) is 3.41. The molecule has 0 saturated carbocycles. The van der Waals surface area contributed by atoms with Crippen molar-refractivity contribution >= 4 is 11.3 Å². The Morgan fingerprint density at radius 1 is 1.00 bits per heavy atom. The average molecular weight is 282 g/mol. The molecule has 0 bridgehead atoms. The Bertz CT molecular complexity index is 335. The molecule has 19 heavy (non-hydrogen) atoms. The second-order valence-electron chi connectivity index (χ2n) is 6.46. The first kappa shape index (κ1) is 16.7. The number of hydrogen-bond donors (Lipinski definition) is 1. The number of thiophene rings is 1. The Hall–Kier alpha value is -0.340. The van der Waals surface area contributed by atoms with Gasteiger partial charge in [0.25, 0.3) is 0 Å². The molecule has 0 unspecified atom stereocenters. The Morgan fingerprint density at radius 3 is 2.32 bits per heavy atom. The van der Waals surface area contributed by atoms with Crippen molar-refractivity contribution in [3.05, 3.63) is 21.9 Å². The van der Waals surface area contributed by atoms with Crippen molar-refractivity contribution in [2.45, 2.75) is 78.2 Å². The van der Waals surface area contributed by atoms with Crippen LogP contribution >= 0.6 is 11.3 Å². The molecule has 0 saturated heterocycles. The maximum Gasteiger partial charge on any atom is 0.0299 e. The lowest BCUT2D eigenvalue weighted by molar-refractivity contribution is 0.573. The first-order valence-corrected chi connectivity index (χ1v) is 8.65. The molecule has 1 N–H and O–H groups in total. The van der Waals surface area contributed by atoms with Gasteiger partial charge in [-0.15, -0.1) is 11.3 Å². The molecule has 0 atom stereocenters. The zero-order valence-electron chi connectivity index (χ0n) is 13.2. The van der Waals surface area contributed by atoms with E-state index in [1.165, 1.54) is 48.3 Å². The predicted octanol–water partition coefficient (Wildman–Crippen LogP) is 5.50. The maximum absolute atomic E-state index is 3.57. The lowest BCUT2D eigenvalue weighted by atomic mass is 9.95. The third kappa shape index (κ3) is 7.12. The van der Waals surface area contributed by atoms with Crippen LogP contribution < -0.4 is 5.32 Å². The zero-order chi connectivity index (χ0) is 14.1. The van der Waals surface area contributed by atoms with Crippen molar-refractivity contribution in [2.75, 3.05) is 6.54 Å². The van der Waals surface area contributed by atoms with Crippen molar-refractivity contribution in [1.29, 1.82) is 0 Å². The Kier molecular flexibility index (Phi) is 7.70. The van der Waals surface area contributed by atoms with Gasteiger partial charge in [-0.05, 0) is 30.5 Å². The van der Waals surface area contributed by atoms with Crippen LogP contribution in [-0.2, 0) is 12.0 Å². The van der Waals surface area contributed by atoms with E-state index in [9.17, 15) is 0 Å². The molecule has 1 rings (SSSR count). The monoisotopic (exact) mass is 281 g/mol. The van der Waals surface area contributed by atoms with Crippen molar-refractivity contribution in [3.8, 4) is 0 Å². The van der Waals surface area contributed by atoms with E-state index in [1.807, 2.05) is 11.3 Å². The van der Waals surface area contributed by atoms with Gasteiger partial charge in [-0.2, -0.15) is 0 Å². The number of rotatable bonds is 9. The average Bonchev–Trinajstić information content (AvgIpc) is 2.81. The van der Waals surface area contributed by atoms with E-state index in [-0.39, 0.29) is 0 Å². The Morgan fingerprint density at radius 2 is 1.68 bits per heavy atom. The van der Waals surface area contributed by atoms with Gasteiger partial charge < -0.3 is 5.32 Å². The molecule has 0 radical (unpaired) electrons. The highest BCUT2D eigenvalue weighted by Gasteiger charge is 2.15. The second kappa shape index (κ2) is 8.76. The summed E-state index contributed by atoms with van der Waals surface area (Å²) in [6.45, 7) is 11.3. The molecule has 1 heterocycles. The van der Waals surface area contributed by atoms with Gasteiger partial charge in [0.05, 0.1) is 0 Å². The molecule has 0 spiro atoms. The van der Waals surface area contributed by atoms with Crippen LogP contribution in [0.15, 0.2) is 12.1 Å². The van der Waals surface area contributed by atoms with Crippen molar-refractivity contribution < 1.29 is 0 Å². The van der Waals surface area contributed by atoms with Crippen LogP contribution in [0.3, 0.4) is 0 Å². The van der Waals surface area contributed by atoms with E-state index in [1.54, 1.807) is 0 Å². The van der Waals surface area contributed by atoms with Crippen LogP contribution in [0, 0.1) is 0 Å². The van der Waals surface area contributed by atoms with Crippen LogP contribution in [0.25, 0.3) is 0 Å². The van der Waals surface area contributed by atoms with Gasteiger partial charge in [-0.3, -0.25) is 0 Å². The molecular weight excluding hydrogens is 250 g/mol. The molecule has 1 aromatic heterocycles. The smallest absolute Gasteiger partial charge is 0.0299 e. The lowest BCUT2D eigenvalue weighted by Crippen LogP contribution is -2.13. The van der Waals surface area contributed by atoms with E-state index in [4.69, 9.17) is 0 Å². The minimum absolute atomic E-state index is 0.294. The normalized spacial score (nSPS) is 12.0. The fourth-order valence-corrected chi connectivity index (χ4v) is 3.15. The fraction of sp³-hybridized carbons (Fsp3) is 0.765. The quantitative estimate of drug-likeness (QED) is 0.590. The molecule has 2 heteroatoms. The molecule has 1 aromatic rings. The second-order valence-corrected chi connectivity index (χ2v) is 7.63. The standard InChI is InChI=1S/C17H31NS/c1-5-6-7-8-9-10-13-18-14-15-11-12-16(19-15)17(2,3)4/h11-12,18H,5-10,13-14H2,1-4H3. The van der Waals surface area contributed by atoms with E-state index in [0.717, 1.165) is 13.1 Å². The highest BCUT2D eigenvalue weighted by atomic mass is 32.1. The van der Waals surface area contributed by atoms with Crippen molar-refractivity contribution in [3.63, 3.8) is 0 Å². The summed E-state index contributed by atoms with van der Waals surface area (Å²) in [5, 5.41) is 3.57. The van der Waals surface area contributed by atoms with E-state index in [2.05, 4.69) is 45.1 Å². The minimum Gasteiger partial charge on any atom is -0.312 e. The third-order valence-corrected chi connectivity index (χ3v) is 4.92. The molecule has 1 nitrogen and oxygen atoms in total.